The predicted molar refractivity (Wildman–Crippen MR) is 101 cm³/mol. The molecule has 0 aliphatic carbocycles. The summed E-state index contributed by atoms with van der Waals surface area (Å²) in [4.78, 5) is 5.08. The summed E-state index contributed by atoms with van der Waals surface area (Å²) >= 11 is 0. The molecule has 1 aliphatic rings. The first-order valence-corrected chi connectivity index (χ1v) is 8.53. The van der Waals surface area contributed by atoms with Crippen LogP contribution in [0.25, 0.3) is 0 Å². The van der Waals surface area contributed by atoms with Gasteiger partial charge in [0.1, 0.15) is 0 Å². The molecule has 1 aliphatic heterocycles. The van der Waals surface area contributed by atoms with Gasteiger partial charge in [0.15, 0.2) is 0 Å². The first-order chi connectivity index (χ1) is 10.9. The van der Waals surface area contributed by atoms with E-state index in [9.17, 15) is 0 Å². The lowest BCUT2D eigenvalue weighted by Crippen LogP contribution is -2.27. The van der Waals surface area contributed by atoms with Gasteiger partial charge >= 0.3 is 0 Å². The van der Waals surface area contributed by atoms with Crippen molar-refractivity contribution in [1.29, 1.82) is 0 Å². The maximum Gasteiger partial charge on any atom is 0.0904 e. The lowest BCUT2D eigenvalue weighted by Gasteiger charge is -2.27. The number of anilines is 2. The topological polar surface area (TPSA) is 6.48 Å². The summed E-state index contributed by atoms with van der Waals surface area (Å²) in [5.74, 6) is 0. The second kappa shape index (κ2) is 5.92. The van der Waals surface area contributed by atoms with Crippen LogP contribution in [0.5, 0.6) is 0 Å². The molecule has 1 heterocycles. The maximum absolute atomic E-state index is 2.54. The van der Waals surface area contributed by atoms with Gasteiger partial charge in [-0.05, 0) is 74.9 Å². The Hall–Kier alpha value is -1.96. The lowest BCUT2D eigenvalue weighted by molar-refractivity contribution is 0.928. The first-order valence-electron chi connectivity index (χ1n) is 8.53. The molecule has 3 rings (SSSR count). The number of benzene rings is 2. The van der Waals surface area contributed by atoms with E-state index in [1.807, 2.05) is 0 Å². The van der Waals surface area contributed by atoms with Gasteiger partial charge in [0.05, 0.1) is 6.67 Å². The average Bonchev–Trinajstić information content (AvgIpc) is 2.97. The Kier molecular flexibility index (Phi) is 4.09. The lowest BCUT2D eigenvalue weighted by atomic mass is 10.0. The number of rotatable bonds is 2. The number of hydrogen-bond acceptors (Lipinski definition) is 2. The van der Waals surface area contributed by atoms with Gasteiger partial charge in [0.2, 0.25) is 0 Å². The fourth-order valence-corrected chi connectivity index (χ4v) is 3.80. The van der Waals surface area contributed by atoms with E-state index in [1.54, 1.807) is 0 Å². The van der Waals surface area contributed by atoms with Crippen molar-refractivity contribution in [2.45, 2.75) is 41.5 Å². The van der Waals surface area contributed by atoms with Crippen molar-refractivity contribution < 1.29 is 0 Å². The van der Waals surface area contributed by atoms with E-state index in [0.29, 0.717) is 0 Å². The molecule has 2 aromatic rings. The van der Waals surface area contributed by atoms with Crippen LogP contribution in [-0.2, 0) is 0 Å². The van der Waals surface area contributed by atoms with Gasteiger partial charge in [-0.2, -0.15) is 0 Å². The summed E-state index contributed by atoms with van der Waals surface area (Å²) in [6.07, 6.45) is 0. The Balaban J connectivity index is 1.94. The first kappa shape index (κ1) is 15.9. The minimum absolute atomic E-state index is 0.982. The summed E-state index contributed by atoms with van der Waals surface area (Å²) in [6, 6.07) is 8.97. The highest BCUT2D eigenvalue weighted by atomic mass is 15.4. The van der Waals surface area contributed by atoms with Crippen LogP contribution >= 0.6 is 0 Å². The van der Waals surface area contributed by atoms with Crippen LogP contribution in [0.4, 0.5) is 11.4 Å². The van der Waals surface area contributed by atoms with Crippen LogP contribution in [0.2, 0.25) is 0 Å². The largest absolute Gasteiger partial charge is 0.352 e. The number of hydrogen-bond donors (Lipinski definition) is 0. The van der Waals surface area contributed by atoms with E-state index in [1.165, 1.54) is 44.8 Å². The molecule has 2 nitrogen and oxygen atoms in total. The molecular weight excluding hydrogens is 280 g/mol. The molecule has 23 heavy (non-hydrogen) atoms. The summed E-state index contributed by atoms with van der Waals surface area (Å²) in [5, 5.41) is 0. The summed E-state index contributed by atoms with van der Waals surface area (Å²) in [6.45, 7) is 16.6. The van der Waals surface area contributed by atoms with Gasteiger partial charge in [0.25, 0.3) is 0 Å². The molecule has 2 heteroatoms. The normalized spacial score (nSPS) is 14.7. The highest BCUT2D eigenvalue weighted by Gasteiger charge is 2.25. The van der Waals surface area contributed by atoms with E-state index >= 15 is 0 Å². The summed E-state index contributed by atoms with van der Waals surface area (Å²) in [5.41, 5.74) is 11.2. The minimum atomic E-state index is 0.982. The van der Waals surface area contributed by atoms with Gasteiger partial charge in [-0.1, -0.05) is 24.3 Å². The minimum Gasteiger partial charge on any atom is -0.352 e. The van der Waals surface area contributed by atoms with E-state index in [2.05, 4.69) is 75.6 Å². The van der Waals surface area contributed by atoms with Crippen LogP contribution in [0, 0.1) is 41.5 Å². The van der Waals surface area contributed by atoms with Crippen molar-refractivity contribution >= 4 is 11.4 Å². The molecule has 0 aromatic heterocycles. The fourth-order valence-electron chi connectivity index (χ4n) is 3.80. The van der Waals surface area contributed by atoms with Gasteiger partial charge in [-0.25, -0.2) is 0 Å². The predicted octanol–water partition coefficient (Wildman–Crippen LogP) is 4.82. The molecule has 1 saturated heterocycles. The number of aryl methyl sites for hydroxylation is 4. The molecule has 2 aromatic carbocycles. The second-order valence-electron chi connectivity index (χ2n) is 7.01. The van der Waals surface area contributed by atoms with Crippen LogP contribution in [-0.4, -0.2) is 19.8 Å². The highest BCUT2D eigenvalue weighted by molar-refractivity contribution is 5.67. The van der Waals surface area contributed by atoms with E-state index < -0.39 is 0 Å². The molecule has 122 valence electrons. The summed E-state index contributed by atoms with van der Waals surface area (Å²) < 4.78 is 0. The van der Waals surface area contributed by atoms with Crippen molar-refractivity contribution in [3.05, 3.63) is 57.6 Å². The van der Waals surface area contributed by atoms with Gasteiger partial charge in [-0.15, -0.1) is 0 Å². The molecule has 0 amide bonds. The van der Waals surface area contributed by atoms with Gasteiger partial charge in [-0.3, -0.25) is 0 Å². The Morgan fingerprint density at radius 3 is 1.30 bits per heavy atom. The van der Waals surface area contributed by atoms with Crippen LogP contribution in [0.3, 0.4) is 0 Å². The molecule has 0 N–H and O–H groups in total. The van der Waals surface area contributed by atoms with Crippen molar-refractivity contribution in [2.75, 3.05) is 29.6 Å². The quantitative estimate of drug-likeness (QED) is 0.784. The van der Waals surface area contributed by atoms with Crippen LogP contribution in [0.15, 0.2) is 24.3 Å². The van der Waals surface area contributed by atoms with E-state index in [4.69, 9.17) is 0 Å². The van der Waals surface area contributed by atoms with Crippen LogP contribution in [0.1, 0.15) is 33.4 Å². The zero-order valence-electron chi connectivity index (χ0n) is 15.3. The maximum atomic E-state index is 2.54. The van der Waals surface area contributed by atoms with Crippen molar-refractivity contribution in [3.8, 4) is 0 Å². The monoisotopic (exact) mass is 308 g/mol. The van der Waals surface area contributed by atoms with Crippen molar-refractivity contribution in [2.24, 2.45) is 0 Å². The van der Waals surface area contributed by atoms with Crippen LogP contribution < -0.4 is 9.80 Å². The van der Waals surface area contributed by atoms with Crippen molar-refractivity contribution in [1.82, 2.24) is 0 Å². The zero-order valence-corrected chi connectivity index (χ0v) is 15.3. The third kappa shape index (κ3) is 2.71. The number of nitrogens with zero attached hydrogens (tertiary/aromatic N) is 2. The standard InChI is InChI=1S/C21H28N2/c1-14-7-9-16(3)20(18(14)5)22-11-12-23(13-22)21-17(4)10-8-15(2)19(21)6/h7-10H,11-13H2,1-6H3. The molecule has 0 bridgehead atoms. The van der Waals surface area contributed by atoms with E-state index in [-0.39, 0.29) is 0 Å². The highest BCUT2D eigenvalue weighted by Crippen LogP contribution is 2.33. The third-order valence-corrected chi connectivity index (χ3v) is 5.42. The zero-order chi connectivity index (χ0) is 16.7. The average molecular weight is 308 g/mol. The smallest absolute Gasteiger partial charge is 0.0904 e. The molecule has 0 radical (unpaired) electrons. The molecule has 0 unspecified atom stereocenters. The third-order valence-electron chi connectivity index (χ3n) is 5.42. The SMILES string of the molecule is Cc1ccc(C)c(N2CCN(c3c(C)ccc(C)c3C)C2)c1C. The Labute approximate surface area is 140 Å². The molecule has 0 atom stereocenters. The van der Waals surface area contributed by atoms with Crippen molar-refractivity contribution in [3.63, 3.8) is 0 Å². The summed E-state index contributed by atoms with van der Waals surface area (Å²) in [7, 11) is 0. The molecule has 1 fully saturated rings. The van der Waals surface area contributed by atoms with Gasteiger partial charge < -0.3 is 9.80 Å². The second-order valence-corrected chi connectivity index (χ2v) is 7.01. The molecular formula is C21H28N2. The molecule has 0 spiro atoms. The van der Waals surface area contributed by atoms with E-state index in [0.717, 1.165) is 19.8 Å². The Bertz CT molecular complexity index is 682. The Morgan fingerprint density at radius 1 is 0.565 bits per heavy atom. The Morgan fingerprint density at radius 2 is 0.913 bits per heavy atom. The fraction of sp³-hybridized carbons (Fsp3) is 0.429. The van der Waals surface area contributed by atoms with Gasteiger partial charge in [0, 0.05) is 24.5 Å². The molecule has 0 saturated carbocycles.